The number of nitrogens with zero attached hydrogens (tertiary/aromatic N) is 1. The molecular formula is C9H14N2O2. The van der Waals surface area contributed by atoms with E-state index in [4.69, 9.17) is 10.4 Å². The van der Waals surface area contributed by atoms with Gasteiger partial charge in [0.15, 0.2) is 0 Å². The van der Waals surface area contributed by atoms with Crippen LogP contribution in [0.3, 0.4) is 0 Å². The molecule has 72 valence electrons. The fourth-order valence-corrected chi connectivity index (χ4v) is 1.73. The first-order chi connectivity index (χ1) is 6.24. The van der Waals surface area contributed by atoms with Crippen molar-refractivity contribution in [3.63, 3.8) is 0 Å². The third kappa shape index (κ3) is 3.03. The molecule has 1 aliphatic rings. The van der Waals surface area contributed by atoms with Gasteiger partial charge in [-0.1, -0.05) is 0 Å². The third-order valence-corrected chi connectivity index (χ3v) is 2.55. The van der Waals surface area contributed by atoms with Gasteiger partial charge in [-0.25, -0.2) is 0 Å². The van der Waals surface area contributed by atoms with Gasteiger partial charge in [-0.2, -0.15) is 5.26 Å². The fraction of sp³-hybridized carbons (Fsp3) is 0.778. The first kappa shape index (κ1) is 10.0. The average molecular weight is 182 g/mol. The molecule has 1 rings (SSSR count). The first-order valence-corrected chi connectivity index (χ1v) is 4.57. The number of nitriles is 1. The second-order valence-corrected chi connectivity index (χ2v) is 3.43. The summed E-state index contributed by atoms with van der Waals surface area (Å²) in [5.74, 6) is -0.848. The molecular weight excluding hydrogens is 168 g/mol. The van der Waals surface area contributed by atoms with Crippen LogP contribution in [0.5, 0.6) is 0 Å². The minimum atomic E-state index is -0.682. The van der Waals surface area contributed by atoms with Crippen LogP contribution < -0.4 is 5.32 Å². The molecule has 4 nitrogen and oxygen atoms in total. The van der Waals surface area contributed by atoms with Crippen molar-refractivity contribution in [1.29, 1.82) is 5.26 Å². The number of hydrogen-bond acceptors (Lipinski definition) is 3. The van der Waals surface area contributed by atoms with Crippen molar-refractivity contribution in [2.75, 3.05) is 6.54 Å². The zero-order valence-corrected chi connectivity index (χ0v) is 7.49. The number of rotatable bonds is 3. The number of carbonyl (C=O) groups is 1. The summed E-state index contributed by atoms with van der Waals surface area (Å²) in [4.78, 5) is 10.6. The Hall–Kier alpha value is -1.08. The summed E-state index contributed by atoms with van der Waals surface area (Å²) < 4.78 is 0. The number of carboxylic acid groups (broad SMARTS) is 1. The molecule has 0 unspecified atom stereocenters. The lowest BCUT2D eigenvalue weighted by molar-refractivity contribution is -0.142. The van der Waals surface area contributed by atoms with Gasteiger partial charge in [0.25, 0.3) is 0 Å². The Bertz CT molecular complexity index is 214. The van der Waals surface area contributed by atoms with E-state index in [1.807, 2.05) is 6.07 Å². The summed E-state index contributed by atoms with van der Waals surface area (Å²) in [6.07, 6.45) is 3.22. The van der Waals surface area contributed by atoms with Crippen LogP contribution in [0.1, 0.15) is 25.7 Å². The highest BCUT2D eigenvalue weighted by atomic mass is 16.4. The molecule has 0 aromatic rings. The Kier molecular flexibility index (Phi) is 3.71. The van der Waals surface area contributed by atoms with E-state index in [2.05, 4.69) is 5.32 Å². The maximum atomic E-state index is 10.6. The summed E-state index contributed by atoms with van der Waals surface area (Å²) in [5.41, 5.74) is 0. The highest BCUT2D eigenvalue weighted by molar-refractivity contribution is 5.70. The third-order valence-electron chi connectivity index (χ3n) is 2.55. The van der Waals surface area contributed by atoms with Gasteiger partial charge < -0.3 is 10.4 Å². The molecule has 4 heteroatoms. The van der Waals surface area contributed by atoms with Gasteiger partial charge in [0.1, 0.15) is 0 Å². The lowest BCUT2D eigenvalue weighted by Gasteiger charge is -2.25. The predicted octanol–water partition coefficient (Wildman–Crippen LogP) is 0.743. The Labute approximate surface area is 77.6 Å². The number of nitrogens with one attached hydrogen (secondary N) is 1. The Morgan fingerprint density at radius 1 is 1.46 bits per heavy atom. The lowest BCUT2D eigenvalue weighted by atomic mass is 9.86. The molecule has 2 N–H and O–H groups in total. The van der Waals surface area contributed by atoms with Crippen molar-refractivity contribution in [2.45, 2.75) is 31.7 Å². The van der Waals surface area contributed by atoms with Crippen LogP contribution in [-0.2, 0) is 4.79 Å². The number of aliphatic carboxylic acids is 1. The molecule has 1 aliphatic carbocycles. The van der Waals surface area contributed by atoms with E-state index >= 15 is 0 Å². The maximum Gasteiger partial charge on any atom is 0.306 e. The van der Waals surface area contributed by atoms with Crippen molar-refractivity contribution in [3.05, 3.63) is 0 Å². The fourth-order valence-electron chi connectivity index (χ4n) is 1.73. The smallest absolute Gasteiger partial charge is 0.306 e. The molecule has 0 spiro atoms. The van der Waals surface area contributed by atoms with Gasteiger partial charge in [-0.05, 0) is 25.7 Å². The van der Waals surface area contributed by atoms with Crippen LogP contribution in [-0.4, -0.2) is 23.7 Å². The topological polar surface area (TPSA) is 73.1 Å². The SMILES string of the molecule is N#CCNC1CCC(C(=O)O)CC1. The van der Waals surface area contributed by atoms with Gasteiger partial charge in [-0.3, -0.25) is 4.79 Å². The first-order valence-electron chi connectivity index (χ1n) is 4.57. The van der Waals surface area contributed by atoms with Crippen molar-refractivity contribution in [1.82, 2.24) is 5.32 Å². The van der Waals surface area contributed by atoms with Gasteiger partial charge in [-0.15, -0.1) is 0 Å². The van der Waals surface area contributed by atoms with E-state index in [1.54, 1.807) is 0 Å². The minimum Gasteiger partial charge on any atom is -0.481 e. The molecule has 1 fully saturated rings. The quantitative estimate of drug-likeness (QED) is 0.631. The van der Waals surface area contributed by atoms with Crippen LogP contribution in [0.2, 0.25) is 0 Å². The van der Waals surface area contributed by atoms with E-state index < -0.39 is 5.97 Å². The summed E-state index contributed by atoms with van der Waals surface area (Å²) in [7, 11) is 0. The van der Waals surface area contributed by atoms with Crippen molar-refractivity contribution < 1.29 is 9.90 Å². The van der Waals surface area contributed by atoms with Crippen LogP contribution >= 0.6 is 0 Å². The Balaban J connectivity index is 2.23. The minimum absolute atomic E-state index is 0.167. The van der Waals surface area contributed by atoms with Gasteiger partial charge >= 0.3 is 5.97 Å². The van der Waals surface area contributed by atoms with E-state index in [0.717, 1.165) is 25.7 Å². The molecule has 0 atom stereocenters. The van der Waals surface area contributed by atoms with Crippen LogP contribution in [0.4, 0.5) is 0 Å². The molecule has 0 bridgehead atoms. The monoisotopic (exact) mass is 182 g/mol. The van der Waals surface area contributed by atoms with E-state index in [-0.39, 0.29) is 5.92 Å². The summed E-state index contributed by atoms with van der Waals surface area (Å²) in [5, 5.41) is 20.1. The zero-order valence-electron chi connectivity index (χ0n) is 7.49. The van der Waals surface area contributed by atoms with Crippen molar-refractivity contribution in [2.24, 2.45) is 5.92 Å². The second kappa shape index (κ2) is 4.83. The largest absolute Gasteiger partial charge is 0.481 e. The van der Waals surface area contributed by atoms with Crippen LogP contribution in [0, 0.1) is 17.2 Å². The normalized spacial score (nSPS) is 27.9. The molecule has 0 saturated heterocycles. The van der Waals surface area contributed by atoms with Gasteiger partial charge in [0.2, 0.25) is 0 Å². The van der Waals surface area contributed by atoms with Gasteiger partial charge in [0.05, 0.1) is 18.5 Å². The predicted molar refractivity (Wildman–Crippen MR) is 47.0 cm³/mol. The molecule has 1 saturated carbocycles. The van der Waals surface area contributed by atoms with Crippen LogP contribution in [0.15, 0.2) is 0 Å². The molecule has 0 radical (unpaired) electrons. The standard InChI is InChI=1S/C9H14N2O2/c10-5-6-11-8-3-1-7(2-4-8)9(12)13/h7-8,11H,1-4,6H2,(H,12,13). The molecule has 13 heavy (non-hydrogen) atoms. The summed E-state index contributed by atoms with van der Waals surface area (Å²) in [6.45, 7) is 0.363. The molecule has 0 aromatic carbocycles. The highest BCUT2D eigenvalue weighted by Gasteiger charge is 2.25. The van der Waals surface area contributed by atoms with Crippen LogP contribution in [0.25, 0.3) is 0 Å². The van der Waals surface area contributed by atoms with E-state index in [9.17, 15) is 4.79 Å². The Morgan fingerprint density at radius 2 is 2.08 bits per heavy atom. The second-order valence-electron chi connectivity index (χ2n) is 3.43. The average Bonchev–Trinajstić information content (AvgIpc) is 2.15. The van der Waals surface area contributed by atoms with Gasteiger partial charge in [0, 0.05) is 6.04 Å². The lowest BCUT2D eigenvalue weighted by Crippen LogP contribution is -2.35. The molecule has 0 amide bonds. The summed E-state index contributed by atoms with van der Waals surface area (Å²) in [6, 6.07) is 2.36. The maximum absolute atomic E-state index is 10.6. The number of hydrogen-bond donors (Lipinski definition) is 2. The Morgan fingerprint density at radius 3 is 2.54 bits per heavy atom. The molecule has 0 heterocycles. The van der Waals surface area contributed by atoms with Crippen molar-refractivity contribution >= 4 is 5.97 Å². The number of carboxylic acids is 1. The van der Waals surface area contributed by atoms with E-state index in [1.165, 1.54) is 0 Å². The van der Waals surface area contributed by atoms with E-state index in [0.29, 0.717) is 12.6 Å². The summed E-state index contributed by atoms with van der Waals surface area (Å²) >= 11 is 0. The zero-order chi connectivity index (χ0) is 9.68. The van der Waals surface area contributed by atoms with Crippen molar-refractivity contribution in [3.8, 4) is 6.07 Å². The highest BCUT2D eigenvalue weighted by Crippen LogP contribution is 2.24. The molecule has 0 aliphatic heterocycles. The molecule has 0 aromatic heterocycles.